The molecule has 1 aromatic carbocycles. The Hall–Kier alpha value is -1.00. The molecular formula is C12H8As. The van der Waals surface area contributed by atoms with Gasteiger partial charge in [0.15, 0.2) is 0 Å². The van der Waals surface area contributed by atoms with Crippen LogP contribution < -0.4 is 4.35 Å². The van der Waals surface area contributed by atoms with Crippen molar-refractivity contribution in [2.24, 2.45) is 0 Å². The molecule has 1 heterocycles. The van der Waals surface area contributed by atoms with Gasteiger partial charge in [-0.05, 0) is 0 Å². The molecule has 0 N–H and O–H groups in total. The Kier molecular flexibility index (Phi) is 1.57. The molecule has 0 bridgehead atoms. The van der Waals surface area contributed by atoms with Gasteiger partial charge in [0.2, 0.25) is 0 Å². The summed E-state index contributed by atoms with van der Waals surface area (Å²) in [4.78, 5) is 0. The summed E-state index contributed by atoms with van der Waals surface area (Å²) in [6.07, 6.45) is 8.91. The molecule has 0 atom stereocenters. The first-order valence-electron chi connectivity index (χ1n) is 4.35. The minimum atomic E-state index is 0.231. The van der Waals surface area contributed by atoms with Crippen molar-refractivity contribution in [3.63, 3.8) is 0 Å². The van der Waals surface area contributed by atoms with E-state index < -0.39 is 0 Å². The van der Waals surface area contributed by atoms with Crippen LogP contribution in [0.15, 0.2) is 52.4 Å². The molecule has 0 spiro atoms. The Balaban J connectivity index is 2.21. The van der Waals surface area contributed by atoms with Gasteiger partial charge in [0.1, 0.15) is 0 Å². The first-order chi connectivity index (χ1) is 6.43. The number of rotatable bonds is 0. The summed E-state index contributed by atoms with van der Waals surface area (Å²) >= 11 is 0.231. The van der Waals surface area contributed by atoms with Gasteiger partial charge in [-0.15, -0.1) is 0 Å². The fourth-order valence-electron chi connectivity index (χ4n) is 1.66. The van der Waals surface area contributed by atoms with Gasteiger partial charge < -0.3 is 0 Å². The first kappa shape index (κ1) is 7.41. The van der Waals surface area contributed by atoms with Crippen molar-refractivity contribution in [1.82, 2.24) is 0 Å². The Morgan fingerprint density at radius 3 is 3.00 bits per heavy atom. The zero-order chi connectivity index (χ0) is 8.67. The van der Waals surface area contributed by atoms with E-state index in [-0.39, 0.29) is 15.8 Å². The fourth-order valence-corrected chi connectivity index (χ4v) is 4.00. The van der Waals surface area contributed by atoms with Crippen LogP contribution in [0.2, 0.25) is 0 Å². The van der Waals surface area contributed by atoms with E-state index in [0.29, 0.717) is 0 Å². The summed E-state index contributed by atoms with van der Waals surface area (Å²) in [5.41, 5.74) is 2.85. The minimum absolute atomic E-state index is 0.231. The predicted octanol–water partition coefficient (Wildman–Crippen LogP) is 1.87. The number of hydrogen-bond donors (Lipinski definition) is 0. The molecule has 1 aromatic rings. The molecule has 0 saturated carbocycles. The zero-order valence-corrected chi connectivity index (χ0v) is 8.94. The van der Waals surface area contributed by atoms with Crippen LogP contribution >= 0.6 is 0 Å². The van der Waals surface area contributed by atoms with Crippen LogP contribution in [0.5, 0.6) is 0 Å². The second-order valence-corrected chi connectivity index (χ2v) is 5.67. The molecule has 0 nitrogen and oxygen atoms in total. The monoisotopic (exact) mass is 227 g/mol. The summed E-state index contributed by atoms with van der Waals surface area (Å²) in [7, 11) is 0. The van der Waals surface area contributed by atoms with E-state index in [1.54, 1.807) is 4.36 Å². The molecule has 61 valence electrons. The van der Waals surface area contributed by atoms with Crippen molar-refractivity contribution in [3.05, 3.63) is 58.0 Å². The van der Waals surface area contributed by atoms with Crippen molar-refractivity contribution in [2.45, 2.75) is 0 Å². The summed E-state index contributed by atoms with van der Waals surface area (Å²) in [5, 5.41) is 0. The molecule has 1 radical (unpaired) electrons. The average Bonchev–Trinajstić information content (AvgIpc) is 2.61. The fraction of sp³-hybridized carbons (Fsp3) is 0. The Morgan fingerprint density at radius 1 is 1.08 bits per heavy atom. The number of benzene rings is 1. The van der Waals surface area contributed by atoms with Crippen molar-refractivity contribution >= 4 is 26.2 Å². The van der Waals surface area contributed by atoms with Crippen molar-refractivity contribution in [3.8, 4) is 0 Å². The molecule has 1 heteroatoms. The zero-order valence-electron chi connectivity index (χ0n) is 7.07. The Morgan fingerprint density at radius 2 is 2.00 bits per heavy atom. The topological polar surface area (TPSA) is 0 Å². The van der Waals surface area contributed by atoms with Gasteiger partial charge in [-0.1, -0.05) is 0 Å². The Labute approximate surface area is 84.4 Å². The first-order valence-corrected chi connectivity index (χ1v) is 6.22. The van der Waals surface area contributed by atoms with Crippen molar-refractivity contribution < 1.29 is 0 Å². The summed E-state index contributed by atoms with van der Waals surface area (Å²) in [6.45, 7) is 0. The van der Waals surface area contributed by atoms with E-state index in [1.165, 1.54) is 15.5 Å². The quantitative estimate of drug-likeness (QED) is 0.593. The average molecular weight is 227 g/mol. The third-order valence-corrected chi connectivity index (χ3v) is 5.03. The van der Waals surface area contributed by atoms with E-state index >= 15 is 0 Å². The molecule has 1 aliphatic heterocycles. The number of allylic oxidation sites excluding steroid dienone is 5. The van der Waals surface area contributed by atoms with Crippen LogP contribution in [0.25, 0.3) is 6.08 Å². The molecule has 1 aliphatic carbocycles. The molecule has 0 saturated heterocycles. The van der Waals surface area contributed by atoms with Gasteiger partial charge in [0.25, 0.3) is 0 Å². The van der Waals surface area contributed by atoms with Gasteiger partial charge >= 0.3 is 84.2 Å². The molecule has 2 aliphatic rings. The maximum absolute atomic E-state index is 2.30. The molecule has 3 rings (SSSR count). The van der Waals surface area contributed by atoms with Gasteiger partial charge in [0.05, 0.1) is 0 Å². The standard InChI is InChI=1S/C12H8As/c1-2-6-11-9(4-1)8-10-5-3-7-12(10)13-11/h1-8H. The van der Waals surface area contributed by atoms with Crippen molar-refractivity contribution in [1.29, 1.82) is 0 Å². The maximum atomic E-state index is 2.30. The Bertz CT molecular complexity index is 450. The second kappa shape index (κ2) is 2.75. The molecule has 0 amide bonds. The molecular weight excluding hydrogens is 219 g/mol. The van der Waals surface area contributed by atoms with Gasteiger partial charge in [0, 0.05) is 0 Å². The van der Waals surface area contributed by atoms with Crippen LogP contribution in [0.4, 0.5) is 0 Å². The molecule has 0 unspecified atom stereocenters. The number of hydrogen-bond acceptors (Lipinski definition) is 0. The van der Waals surface area contributed by atoms with Gasteiger partial charge in [-0.2, -0.15) is 0 Å². The van der Waals surface area contributed by atoms with Crippen LogP contribution in [-0.2, 0) is 0 Å². The SMILES string of the molecule is C1=CC2=Cc3ccccc3[As]C2=C1. The third-order valence-electron chi connectivity index (χ3n) is 2.31. The second-order valence-electron chi connectivity index (χ2n) is 3.18. The van der Waals surface area contributed by atoms with Crippen LogP contribution in [-0.4, -0.2) is 15.8 Å². The van der Waals surface area contributed by atoms with Crippen LogP contribution in [0.3, 0.4) is 0 Å². The molecule has 0 aromatic heterocycles. The third kappa shape index (κ3) is 1.14. The van der Waals surface area contributed by atoms with Crippen molar-refractivity contribution in [2.75, 3.05) is 0 Å². The van der Waals surface area contributed by atoms with E-state index in [4.69, 9.17) is 0 Å². The molecule has 0 fully saturated rings. The van der Waals surface area contributed by atoms with Crippen LogP contribution in [0.1, 0.15) is 5.56 Å². The predicted molar refractivity (Wildman–Crippen MR) is 57.0 cm³/mol. The summed E-state index contributed by atoms with van der Waals surface area (Å²) < 4.78 is 3.09. The normalized spacial score (nSPS) is 19.4. The summed E-state index contributed by atoms with van der Waals surface area (Å²) in [6, 6.07) is 8.71. The van der Waals surface area contributed by atoms with E-state index in [9.17, 15) is 0 Å². The summed E-state index contributed by atoms with van der Waals surface area (Å²) in [5.74, 6) is 0. The van der Waals surface area contributed by atoms with E-state index in [0.717, 1.165) is 0 Å². The van der Waals surface area contributed by atoms with E-state index in [2.05, 4.69) is 48.6 Å². The number of fused-ring (bicyclic) bond motifs is 2. The van der Waals surface area contributed by atoms with Crippen LogP contribution in [0, 0.1) is 0 Å². The van der Waals surface area contributed by atoms with Gasteiger partial charge in [-0.3, -0.25) is 0 Å². The molecule has 13 heavy (non-hydrogen) atoms. The van der Waals surface area contributed by atoms with E-state index in [1.807, 2.05) is 0 Å². The van der Waals surface area contributed by atoms with Gasteiger partial charge in [-0.25, -0.2) is 0 Å².